The van der Waals surface area contributed by atoms with E-state index in [2.05, 4.69) is 13.8 Å². The van der Waals surface area contributed by atoms with Crippen LogP contribution in [0.25, 0.3) is 0 Å². The Morgan fingerprint density at radius 3 is 2.24 bits per heavy atom. The van der Waals surface area contributed by atoms with Gasteiger partial charge in [-0.2, -0.15) is 0 Å². The van der Waals surface area contributed by atoms with Gasteiger partial charge in [0.1, 0.15) is 0 Å². The van der Waals surface area contributed by atoms with Crippen LogP contribution in [0.3, 0.4) is 0 Å². The molecule has 1 unspecified atom stereocenters. The minimum Gasteiger partial charge on any atom is -0.396 e. The highest BCUT2D eigenvalue weighted by atomic mass is 32.2. The van der Waals surface area contributed by atoms with Crippen molar-refractivity contribution in [2.24, 2.45) is 10.8 Å². The van der Waals surface area contributed by atoms with Gasteiger partial charge in [0, 0.05) is 5.41 Å². The van der Waals surface area contributed by atoms with Crippen LogP contribution in [-0.4, -0.2) is 42.3 Å². The molecule has 100 valence electrons. The first-order valence-electron chi connectivity index (χ1n) is 6.18. The molecule has 0 bridgehead atoms. The van der Waals surface area contributed by atoms with Crippen LogP contribution in [0.1, 0.15) is 39.5 Å². The lowest BCUT2D eigenvalue weighted by Crippen LogP contribution is -2.64. The molecular weight excluding hydrogens is 240 g/mol. The van der Waals surface area contributed by atoms with Gasteiger partial charge in [-0.15, -0.1) is 0 Å². The third-order valence-corrected chi connectivity index (χ3v) is 6.34. The monoisotopic (exact) mass is 262 g/mol. The van der Waals surface area contributed by atoms with Crippen LogP contribution in [0.15, 0.2) is 0 Å². The summed E-state index contributed by atoms with van der Waals surface area (Å²) in [6, 6.07) is 0. The van der Waals surface area contributed by atoms with E-state index < -0.39 is 20.9 Å². The van der Waals surface area contributed by atoms with Crippen molar-refractivity contribution in [2.45, 2.75) is 45.1 Å². The quantitative estimate of drug-likeness (QED) is 0.769. The van der Waals surface area contributed by atoms with Crippen LogP contribution >= 0.6 is 0 Å². The molecule has 1 aliphatic carbocycles. The second kappa shape index (κ2) is 3.68. The first-order valence-corrected chi connectivity index (χ1v) is 8.00. The molecule has 0 aromatic carbocycles. The lowest BCUT2D eigenvalue weighted by Gasteiger charge is -2.60. The fourth-order valence-corrected chi connectivity index (χ4v) is 5.82. The van der Waals surface area contributed by atoms with E-state index in [0.29, 0.717) is 25.7 Å². The molecule has 2 rings (SSSR count). The van der Waals surface area contributed by atoms with Crippen LogP contribution in [-0.2, 0) is 9.84 Å². The average molecular weight is 262 g/mol. The topological polar surface area (TPSA) is 74.6 Å². The van der Waals surface area contributed by atoms with Crippen molar-refractivity contribution < 1.29 is 18.6 Å². The smallest absolute Gasteiger partial charge is 0.151 e. The predicted molar refractivity (Wildman–Crippen MR) is 65.4 cm³/mol. The largest absolute Gasteiger partial charge is 0.396 e. The maximum absolute atomic E-state index is 11.8. The summed E-state index contributed by atoms with van der Waals surface area (Å²) in [5, 5.41) is 20.2. The van der Waals surface area contributed by atoms with Crippen molar-refractivity contribution in [1.82, 2.24) is 0 Å². The SMILES string of the molecule is CC1(C)CC(O)(C2(CO)CCCS(=O)(=O)C2)C1. The van der Waals surface area contributed by atoms with Crippen molar-refractivity contribution in [3.63, 3.8) is 0 Å². The molecule has 2 aliphatic rings. The van der Waals surface area contributed by atoms with Crippen molar-refractivity contribution in [1.29, 1.82) is 0 Å². The third kappa shape index (κ3) is 2.13. The second-order valence-corrected chi connectivity index (χ2v) is 8.87. The Hall–Kier alpha value is -0.130. The molecule has 2 fully saturated rings. The Morgan fingerprint density at radius 1 is 1.24 bits per heavy atom. The van der Waals surface area contributed by atoms with Crippen LogP contribution in [0.2, 0.25) is 0 Å². The summed E-state index contributed by atoms with van der Waals surface area (Å²) in [5.74, 6) is 0.122. The molecule has 5 heteroatoms. The fraction of sp³-hybridized carbons (Fsp3) is 1.00. The van der Waals surface area contributed by atoms with E-state index in [0.717, 1.165) is 0 Å². The van der Waals surface area contributed by atoms with E-state index in [1.807, 2.05) is 0 Å². The van der Waals surface area contributed by atoms with Crippen molar-refractivity contribution in [3.8, 4) is 0 Å². The number of sulfone groups is 1. The van der Waals surface area contributed by atoms with E-state index in [1.54, 1.807) is 0 Å². The van der Waals surface area contributed by atoms with Crippen LogP contribution in [0.4, 0.5) is 0 Å². The van der Waals surface area contributed by atoms with E-state index >= 15 is 0 Å². The number of hydrogen-bond acceptors (Lipinski definition) is 4. The number of aliphatic hydroxyl groups excluding tert-OH is 1. The van der Waals surface area contributed by atoms with Crippen LogP contribution < -0.4 is 0 Å². The van der Waals surface area contributed by atoms with E-state index in [-0.39, 0.29) is 23.5 Å². The molecule has 1 atom stereocenters. The van der Waals surface area contributed by atoms with Gasteiger partial charge < -0.3 is 10.2 Å². The summed E-state index contributed by atoms with van der Waals surface area (Å²) in [6.07, 6.45) is 2.31. The Labute approximate surface area is 103 Å². The molecule has 0 aromatic rings. The molecule has 0 aromatic heterocycles. The van der Waals surface area contributed by atoms with Crippen molar-refractivity contribution >= 4 is 9.84 Å². The number of aliphatic hydroxyl groups is 2. The van der Waals surface area contributed by atoms with E-state index in [1.165, 1.54) is 0 Å². The zero-order chi connectivity index (χ0) is 12.9. The normalized spacial score (nSPS) is 38.4. The first-order chi connectivity index (χ1) is 7.64. The van der Waals surface area contributed by atoms with E-state index in [4.69, 9.17) is 0 Å². The van der Waals surface area contributed by atoms with Gasteiger partial charge in [-0.1, -0.05) is 13.8 Å². The van der Waals surface area contributed by atoms with Crippen molar-refractivity contribution in [3.05, 3.63) is 0 Å². The standard InChI is InChI=1S/C12H22O4S/c1-10(2)6-12(14,7-10)11(8-13)4-3-5-17(15,16)9-11/h13-14H,3-9H2,1-2H3. The van der Waals surface area contributed by atoms with E-state index in [9.17, 15) is 18.6 Å². The van der Waals surface area contributed by atoms with Crippen LogP contribution in [0, 0.1) is 10.8 Å². The Kier molecular flexibility index (Phi) is 2.88. The van der Waals surface area contributed by atoms with Gasteiger partial charge >= 0.3 is 0 Å². The molecule has 1 saturated heterocycles. The van der Waals surface area contributed by atoms with Crippen molar-refractivity contribution in [2.75, 3.05) is 18.1 Å². The highest BCUT2D eigenvalue weighted by molar-refractivity contribution is 7.91. The third-order valence-electron chi connectivity index (χ3n) is 4.44. The zero-order valence-electron chi connectivity index (χ0n) is 10.6. The molecule has 0 spiro atoms. The predicted octanol–water partition coefficient (Wildman–Crippen LogP) is 0.725. The summed E-state index contributed by atoms with van der Waals surface area (Å²) in [5.41, 5.74) is -1.78. The zero-order valence-corrected chi connectivity index (χ0v) is 11.4. The molecule has 1 saturated carbocycles. The van der Waals surface area contributed by atoms with Gasteiger partial charge in [0.25, 0.3) is 0 Å². The van der Waals surface area contributed by atoms with Crippen LogP contribution in [0.5, 0.6) is 0 Å². The summed E-state index contributed by atoms with van der Waals surface area (Å²) in [7, 11) is -3.12. The summed E-state index contributed by atoms with van der Waals surface area (Å²) in [6.45, 7) is 3.88. The molecule has 0 radical (unpaired) electrons. The lowest BCUT2D eigenvalue weighted by atomic mass is 9.51. The van der Waals surface area contributed by atoms with Gasteiger partial charge in [0.2, 0.25) is 0 Å². The molecule has 0 amide bonds. The number of rotatable bonds is 2. The van der Waals surface area contributed by atoms with Gasteiger partial charge in [-0.25, -0.2) is 8.42 Å². The molecule has 1 aliphatic heterocycles. The van der Waals surface area contributed by atoms with Gasteiger partial charge in [-0.05, 0) is 31.1 Å². The Morgan fingerprint density at radius 2 is 1.82 bits per heavy atom. The fourth-order valence-electron chi connectivity index (χ4n) is 3.74. The van der Waals surface area contributed by atoms with Gasteiger partial charge in [-0.3, -0.25) is 0 Å². The molecule has 1 heterocycles. The maximum atomic E-state index is 11.8. The first kappa shape index (κ1) is 13.3. The average Bonchev–Trinajstić information content (AvgIpc) is 2.12. The summed E-state index contributed by atoms with van der Waals surface area (Å²) < 4.78 is 23.5. The summed E-state index contributed by atoms with van der Waals surface area (Å²) >= 11 is 0. The molecule has 2 N–H and O–H groups in total. The second-order valence-electron chi connectivity index (χ2n) is 6.68. The minimum absolute atomic E-state index is 0.0537. The Balaban J connectivity index is 2.27. The van der Waals surface area contributed by atoms with Gasteiger partial charge in [0.05, 0.1) is 23.7 Å². The van der Waals surface area contributed by atoms with Gasteiger partial charge in [0.15, 0.2) is 9.84 Å². The molecular formula is C12H22O4S. The maximum Gasteiger partial charge on any atom is 0.151 e. The molecule has 17 heavy (non-hydrogen) atoms. The lowest BCUT2D eigenvalue weighted by molar-refractivity contribution is -0.202. The highest BCUT2D eigenvalue weighted by Gasteiger charge is 2.61. The molecule has 4 nitrogen and oxygen atoms in total. The minimum atomic E-state index is -3.12. The number of hydrogen-bond donors (Lipinski definition) is 2. The highest BCUT2D eigenvalue weighted by Crippen LogP contribution is 2.58. The Bertz CT molecular complexity index is 404. The summed E-state index contributed by atoms with van der Waals surface area (Å²) in [4.78, 5) is 0.